The lowest BCUT2D eigenvalue weighted by Gasteiger charge is -2.12. The molecule has 0 aromatic heterocycles. The number of hydrogen-bond donors (Lipinski definition) is 1. The van der Waals surface area contributed by atoms with E-state index in [1.165, 1.54) is 18.2 Å². The van der Waals surface area contributed by atoms with Crippen LogP contribution < -0.4 is 5.32 Å². The van der Waals surface area contributed by atoms with Gasteiger partial charge in [0.15, 0.2) is 0 Å². The zero-order valence-electron chi connectivity index (χ0n) is 13.4. The summed E-state index contributed by atoms with van der Waals surface area (Å²) in [5, 5.41) is 1.62. The molecular formula is C17H11Cl2F3N2O2S. The minimum atomic E-state index is -4.50. The van der Waals surface area contributed by atoms with Crippen LogP contribution in [0.15, 0.2) is 47.5 Å². The molecule has 0 spiro atoms. The lowest BCUT2D eigenvalue weighted by Crippen LogP contribution is -2.27. The highest BCUT2D eigenvalue weighted by Gasteiger charge is 2.44. The Morgan fingerprint density at radius 3 is 2.59 bits per heavy atom. The van der Waals surface area contributed by atoms with Crippen LogP contribution in [-0.2, 0) is 28.6 Å². The molecule has 0 aliphatic carbocycles. The number of rotatable bonds is 3. The summed E-state index contributed by atoms with van der Waals surface area (Å²) in [7, 11) is 0. The molecule has 2 aromatic carbocycles. The van der Waals surface area contributed by atoms with Gasteiger partial charge in [-0.3, -0.25) is 10.1 Å². The highest BCUT2D eigenvalue weighted by Crippen LogP contribution is 2.33. The van der Waals surface area contributed by atoms with Gasteiger partial charge in [-0.1, -0.05) is 47.5 Å². The average molecular weight is 435 g/mol. The highest BCUT2D eigenvalue weighted by atomic mass is 35.5. The molecule has 0 bridgehead atoms. The van der Waals surface area contributed by atoms with Gasteiger partial charge in [0.05, 0.1) is 21.3 Å². The number of nitrogens with zero attached hydrogens (tertiary/aromatic N) is 1. The first-order valence-electron chi connectivity index (χ1n) is 7.57. The molecule has 10 heteroatoms. The molecular weight excluding hydrogens is 424 g/mol. The average Bonchev–Trinajstić information content (AvgIpc) is 2.86. The van der Waals surface area contributed by atoms with Crippen molar-refractivity contribution in [3.8, 4) is 0 Å². The van der Waals surface area contributed by atoms with Gasteiger partial charge >= 0.3 is 11.3 Å². The Balaban J connectivity index is 1.84. The van der Waals surface area contributed by atoms with E-state index in [0.29, 0.717) is 0 Å². The molecule has 3 rings (SSSR count). The smallest absolute Gasteiger partial charge is 0.416 e. The van der Waals surface area contributed by atoms with Crippen LogP contribution in [0.2, 0.25) is 10.0 Å². The van der Waals surface area contributed by atoms with Gasteiger partial charge in [-0.2, -0.15) is 18.2 Å². The summed E-state index contributed by atoms with van der Waals surface area (Å²) in [5.74, 6) is -0.581. The Labute approximate surface area is 165 Å². The number of hydrogen-bond acceptors (Lipinski definition) is 3. The first-order chi connectivity index (χ1) is 12.7. The van der Waals surface area contributed by atoms with E-state index >= 15 is 0 Å². The Bertz CT molecular complexity index is 921. The fraction of sp³-hybridized carbons (Fsp3) is 0.176. The molecule has 27 heavy (non-hydrogen) atoms. The Morgan fingerprint density at radius 2 is 1.89 bits per heavy atom. The van der Waals surface area contributed by atoms with Gasteiger partial charge in [0.25, 0.3) is 5.91 Å². The van der Waals surface area contributed by atoms with E-state index in [1.54, 1.807) is 12.1 Å². The Hall–Kier alpha value is -1.74. The molecule has 1 heterocycles. The number of carbonyl (C=O) groups is 1. The van der Waals surface area contributed by atoms with Crippen LogP contribution in [0.4, 0.5) is 18.9 Å². The Kier molecular flexibility index (Phi) is 5.71. The molecule has 142 valence electrons. The first kappa shape index (κ1) is 20.0. The highest BCUT2D eigenvalue weighted by molar-refractivity contribution is 8.08. The van der Waals surface area contributed by atoms with E-state index in [9.17, 15) is 22.5 Å². The van der Waals surface area contributed by atoms with E-state index < -0.39 is 34.1 Å². The fourth-order valence-corrected chi connectivity index (χ4v) is 4.08. The van der Waals surface area contributed by atoms with Crippen molar-refractivity contribution >= 4 is 51.1 Å². The van der Waals surface area contributed by atoms with Crippen molar-refractivity contribution in [1.29, 1.82) is 0 Å². The van der Waals surface area contributed by atoms with E-state index in [0.717, 1.165) is 12.1 Å². The predicted molar refractivity (Wildman–Crippen MR) is 98.8 cm³/mol. The molecule has 1 N–H and O–H groups in total. The van der Waals surface area contributed by atoms with Gasteiger partial charge in [-0.15, -0.1) is 0 Å². The molecule has 1 saturated heterocycles. The minimum absolute atomic E-state index is 0.110. The van der Waals surface area contributed by atoms with Crippen molar-refractivity contribution < 1.29 is 22.5 Å². The summed E-state index contributed by atoms with van der Waals surface area (Å²) in [5.41, 5.74) is -0.350. The van der Waals surface area contributed by atoms with Gasteiger partial charge in [0.2, 0.25) is 5.25 Å². The summed E-state index contributed by atoms with van der Waals surface area (Å²) < 4.78 is 51.1. The van der Waals surface area contributed by atoms with Crippen molar-refractivity contribution in [1.82, 2.24) is 5.32 Å². The number of carbonyl (C=O) groups excluding carboxylic acids is 1. The van der Waals surface area contributed by atoms with Crippen LogP contribution in [0, 0.1) is 0 Å². The number of benzene rings is 2. The van der Waals surface area contributed by atoms with Crippen molar-refractivity contribution in [3.63, 3.8) is 0 Å². The summed E-state index contributed by atoms with van der Waals surface area (Å²) in [6.45, 7) is 0. The minimum Gasteiger partial charge on any atom is -0.608 e. The maximum atomic E-state index is 12.8. The molecule has 0 saturated carbocycles. The third-order valence-corrected chi connectivity index (χ3v) is 6.08. The van der Waals surface area contributed by atoms with Crippen LogP contribution in [0.3, 0.4) is 0 Å². The fourth-order valence-electron chi connectivity index (χ4n) is 2.49. The van der Waals surface area contributed by atoms with Gasteiger partial charge in [-0.05, 0) is 23.8 Å². The largest absolute Gasteiger partial charge is 0.608 e. The van der Waals surface area contributed by atoms with E-state index in [4.69, 9.17) is 23.2 Å². The van der Waals surface area contributed by atoms with Crippen LogP contribution >= 0.6 is 23.2 Å². The predicted octanol–water partition coefficient (Wildman–Crippen LogP) is 4.49. The third kappa shape index (κ3) is 4.40. The number of amides is 1. The van der Waals surface area contributed by atoms with Crippen LogP contribution in [-0.4, -0.2) is 20.9 Å². The SMILES string of the molecule is O=C1NC(=Nc2cccc(Cl)c2Cl)[S+]([O-])C1Cc1cccc(C(F)(F)F)c1. The van der Waals surface area contributed by atoms with Crippen molar-refractivity contribution in [3.05, 3.63) is 63.6 Å². The van der Waals surface area contributed by atoms with Crippen LogP contribution in [0.1, 0.15) is 11.1 Å². The van der Waals surface area contributed by atoms with Crippen molar-refractivity contribution in [2.75, 3.05) is 0 Å². The molecule has 0 radical (unpaired) electrons. The van der Waals surface area contributed by atoms with Crippen molar-refractivity contribution in [2.24, 2.45) is 4.99 Å². The topological polar surface area (TPSA) is 64.5 Å². The molecule has 1 fully saturated rings. The lowest BCUT2D eigenvalue weighted by molar-refractivity contribution is -0.137. The van der Waals surface area contributed by atoms with Crippen LogP contribution in [0.5, 0.6) is 0 Å². The summed E-state index contributed by atoms with van der Waals surface area (Å²) in [6.07, 6.45) is -4.62. The number of halogens is 5. The van der Waals surface area contributed by atoms with E-state index in [-0.39, 0.29) is 32.9 Å². The van der Waals surface area contributed by atoms with Gasteiger partial charge in [-0.25, -0.2) is 0 Å². The van der Waals surface area contributed by atoms with Gasteiger partial charge in [0.1, 0.15) is 0 Å². The number of aliphatic imine (C=N–C) groups is 1. The molecule has 2 unspecified atom stereocenters. The Morgan fingerprint density at radius 1 is 1.19 bits per heavy atom. The second-order valence-electron chi connectivity index (χ2n) is 5.67. The summed E-state index contributed by atoms with van der Waals surface area (Å²) in [6, 6.07) is 9.24. The zero-order chi connectivity index (χ0) is 19.8. The number of amidine groups is 1. The summed E-state index contributed by atoms with van der Waals surface area (Å²) in [4.78, 5) is 16.2. The number of alkyl halides is 3. The third-order valence-electron chi connectivity index (χ3n) is 3.80. The maximum Gasteiger partial charge on any atom is 0.416 e. The molecule has 1 amide bonds. The summed E-state index contributed by atoms with van der Waals surface area (Å²) >= 11 is 10.1. The lowest BCUT2D eigenvalue weighted by atomic mass is 10.1. The molecule has 1 aliphatic heterocycles. The molecule has 1 aliphatic rings. The number of nitrogens with one attached hydrogen (secondary N) is 1. The van der Waals surface area contributed by atoms with Crippen molar-refractivity contribution in [2.45, 2.75) is 17.8 Å². The second kappa shape index (κ2) is 7.71. The first-order valence-corrected chi connectivity index (χ1v) is 9.54. The van der Waals surface area contributed by atoms with Gasteiger partial charge < -0.3 is 4.55 Å². The van der Waals surface area contributed by atoms with Crippen LogP contribution in [0.25, 0.3) is 0 Å². The van der Waals surface area contributed by atoms with E-state index in [2.05, 4.69) is 10.3 Å². The molecule has 4 nitrogen and oxygen atoms in total. The maximum absolute atomic E-state index is 12.8. The normalized spacial score (nSPS) is 21.6. The second-order valence-corrected chi connectivity index (χ2v) is 8.00. The standard InChI is InChI=1S/C17H11Cl2F3N2O2S/c18-11-5-2-6-12(14(11)19)23-16-24-15(25)13(27(16)26)8-9-3-1-4-10(7-9)17(20,21)22/h1-7,13H,8H2,(H,23,24,25). The monoisotopic (exact) mass is 434 g/mol. The molecule has 2 atom stereocenters. The quantitative estimate of drug-likeness (QED) is 0.723. The van der Waals surface area contributed by atoms with Gasteiger partial charge in [0, 0.05) is 17.6 Å². The molecule has 2 aromatic rings. The van der Waals surface area contributed by atoms with E-state index in [1.807, 2.05) is 0 Å². The zero-order valence-corrected chi connectivity index (χ0v) is 15.7.